The van der Waals surface area contributed by atoms with Gasteiger partial charge in [-0.2, -0.15) is 18.4 Å². The molecule has 0 aliphatic rings. The summed E-state index contributed by atoms with van der Waals surface area (Å²) in [6, 6.07) is 12.7. The number of nitrogens with one attached hydrogen (secondary N) is 1. The Bertz CT molecular complexity index is 631. The van der Waals surface area contributed by atoms with Gasteiger partial charge in [0, 0.05) is 13.2 Å². The number of nitriles is 1. The van der Waals surface area contributed by atoms with Crippen molar-refractivity contribution in [3.63, 3.8) is 0 Å². The number of nitrogens with zero attached hydrogens (tertiary/aromatic N) is 2. The summed E-state index contributed by atoms with van der Waals surface area (Å²) in [6.07, 6.45) is -2.49. The van der Waals surface area contributed by atoms with E-state index in [-0.39, 0.29) is 5.82 Å². The highest BCUT2D eigenvalue weighted by Crippen LogP contribution is 2.32. The average molecular weight is 307 g/mol. The maximum Gasteiger partial charge on any atom is 0.417 e. The lowest BCUT2D eigenvalue weighted by atomic mass is 10.1. The van der Waals surface area contributed by atoms with Crippen molar-refractivity contribution < 1.29 is 13.2 Å². The van der Waals surface area contributed by atoms with E-state index in [1.165, 1.54) is 18.7 Å². The summed E-state index contributed by atoms with van der Waals surface area (Å²) in [5.74, 6) is 0.0799. The molecule has 22 heavy (non-hydrogen) atoms. The van der Waals surface area contributed by atoms with E-state index < -0.39 is 17.3 Å². The third-order valence-corrected chi connectivity index (χ3v) is 2.84. The van der Waals surface area contributed by atoms with Gasteiger partial charge in [-0.3, -0.25) is 0 Å². The second kappa shape index (κ2) is 8.03. The van der Waals surface area contributed by atoms with Gasteiger partial charge in [0.25, 0.3) is 0 Å². The molecule has 0 spiro atoms. The molecular weight excluding hydrogens is 291 g/mol. The van der Waals surface area contributed by atoms with Crippen molar-refractivity contribution >= 4 is 5.82 Å². The topological polar surface area (TPSA) is 48.7 Å². The first kappa shape index (κ1) is 17.5. The van der Waals surface area contributed by atoms with Crippen molar-refractivity contribution in [2.45, 2.75) is 19.5 Å². The number of pyridine rings is 1. The molecule has 0 unspecified atom stereocenters. The van der Waals surface area contributed by atoms with E-state index in [1.54, 1.807) is 0 Å². The van der Waals surface area contributed by atoms with Crippen LogP contribution in [-0.4, -0.2) is 12.0 Å². The van der Waals surface area contributed by atoms with Crippen LogP contribution in [0, 0.1) is 11.3 Å². The molecule has 0 aliphatic heterocycles. The molecule has 0 bridgehead atoms. The number of aromatic nitrogens is 1. The van der Waals surface area contributed by atoms with Crippen LogP contribution in [0.5, 0.6) is 0 Å². The number of rotatable bonds is 2. The lowest BCUT2D eigenvalue weighted by molar-refractivity contribution is -0.137. The molecule has 1 aromatic carbocycles. The number of halogens is 3. The third-order valence-electron chi connectivity index (χ3n) is 2.84. The van der Waals surface area contributed by atoms with Gasteiger partial charge < -0.3 is 5.32 Å². The molecule has 2 aromatic rings. The second-order valence-electron chi connectivity index (χ2n) is 4.31. The van der Waals surface area contributed by atoms with E-state index in [2.05, 4.69) is 41.5 Å². The van der Waals surface area contributed by atoms with Crippen LogP contribution < -0.4 is 5.32 Å². The predicted octanol–water partition coefficient (Wildman–Crippen LogP) is 4.26. The Kier molecular flexibility index (Phi) is 6.39. The fourth-order valence-corrected chi connectivity index (χ4v) is 1.63. The number of aryl methyl sites for hydroxylation is 1. The van der Waals surface area contributed by atoms with Crippen LogP contribution in [0.3, 0.4) is 0 Å². The highest BCUT2D eigenvalue weighted by atomic mass is 19.4. The molecular formula is C16H16F3N3. The fraction of sp³-hybridized carbons (Fsp3) is 0.250. The van der Waals surface area contributed by atoms with Crippen molar-refractivity contribution in [1.29, 1.82) is 5.26 Å². The highest BCUT2D eigenvalue weighted by molar-refractivity contribution is 5.46. The number of benzene rings is 1. The Hall–Kier alpha value is -2.55. The van der Waals surface area contributed by atoms with E-state index >= 15 is 0 Å². The van der Waals surface area contributed by atoms with Gasteiger partial charge in [0.05, 0.1) is 11.1 Å². The van der Waals surface area contributed by atoms with Crippen LogP contribution in [0.1, 0.15) is 23.6 Å². The first-order valence-corrected chi connectivity index (χ1v) is 6.61. The SMILES string of the molecule is CCc1ccccc1.CNc1cc(C(F)(F)F)c(C#N)cn1. The van der Waals surface area contributed by atoms with Crippen LogP contribution >= 0.6 is 0 Å². The van der Waals surface area contributed by atoms with Gasteiger partial charge in [0.15, 0.2) is 0 Å². The maximum absolute atomic E-state index is 12.3. The number of anilines is 1. The summed E-state index contributed by atoms with van der Waals surface area (Å²) in [5.41, 5.74) is -0.0386. The van der Waals surface area contributed by atoms with Crippen molar-refractivity contribution in [2.24, 2.45) is 0 Å². The molecule has 0 aliphatic carbocycles. The quantitative estimate of drug-likeness (QED) is 0.901. The zero-order chi connectivity index (χ0) is 16.6. The van der Waals surface area contributed by atoms with Crippen LogP contribution in [0.25, 0.3) is 0 Å². The molecule has 1 aromatic heterocycles. The number of alkyl halides is 3. The summed E-state index contributed by atoms with van der Waals surface area (Å²) in [7, 11) is 1.45. The van der Waals surface area contributed by atoms with Crippen molar-refractivity contribution in [3.05, 3.63) is 59.3 Å². The zero-order valence-electron chi connectivity index (χ0n) is 12.3. The average Bonchev–Trinajstić information content (AvgIpc) is 2.54. The van der Waals surface area contributed by atoms with E-state index in [9.17, 15) is 13.2 Å². The summed E-state index contributed by atoms with van der Waals surface area (Å²) < 4.78 is 37.0. The minimum absolute atomic E-state index is 0.0799. The van der Waals surface area contributed by atoms with E-state index in [4.69, 9.17) is 5.26 Å². The van der Waals surface area contributed by atoms with E-state index in [0.717, 1.165) is 18.7 Å². The third kappa shape index (κ3) is 5.09. The van der Waals surface area contributed by atoms with Crippen LogP contribution in [0.2, 0.25) is 0 Å². The molecule has 2 rings (SSSR count). The first-order chi connectivity index (χ1) is 10.4. The summed E-state index contributed by atoms with van der Waals surface area (Å²) in [4.78, 5) is 3.61. The molecule has 116 valence electrons. The Balaban J connectivity index is 0.000000255. The lowest BCUT2D eigenvalue weighted by Gasteiger charge is -2.09. The highest BCUT2D eigenvalue weighted by Gasteiger charge is 2.34. The molecule has 0 saturated heterocycles. The molecule has 0 saturated carbocycles. The summed E-state index contributed by atoms with van der Waals surface area (Å²) >= 11 is 0. The molecule has 1 heterocycles. The number of hydrogen-bond acceptors (Lipinski definition) is 3. The molecule has 0 radical (unpaired) electrons. The summed E-state index contributed by atoms with van der Waals surface area (Å²) in [6.45, 7) is 2.16. The molecule has 6 heteroatoms. The van der Waals surface area contributed by atoms with Crippen molar-refractivity contribution in [3.8, 4) is 6.07 Å². The normalized spacial score (nSPS) is 10.2. The molecule has 0 fully saturated rings. The summed E-state index contributed by atoms with van der Waals surface area (Å²) in [5, 5.41) is 10.9. The van der Waals surface area contributed by atoms with Crippen LogP contribution in [-0.2, 0) is 12.6 Å². The number of hydrogen-bond donors (Lipinski definition) is 1. The zero-order valence-corrected chi connectivity index (χ0v) is 12.3. The Morgan fingerprint density at radius 2 is 1.86 bits per heavy atom. The van der Waals surface area contributed by atoms with Gasteiger partial charge in [-0.15, -0.1) is 0 Å². The van der Waals surface area contributed by atoms with Gasteiger partial charge >= 0.3 is 6.18 Å². The minimum Gasteiger partial charge on any atom is -0.373 e. The largest absolute Gasteiger partial charge is 0.417 e. The van der Waals surface area contributed by atoms with Crippen molar-refractivity contribution in [2.75, 3.05) is 12.4 Å². The van der Waals surface area contributed by atoms with Gasteiger partial charge in [0.1, 0.15) is 11.9 Å². The molecule has 0 amide bonds. The predicted molar refractivity (Wildman–Crippen MR) is 79.3 cm³/mol. The van der Waals surface area contributed by atoms with Gasteiger partial charge in [0.2, 0.25) is 0 Å². The first-order valence-electron chi connectivity index (χ1n) is 6.61. The molecule has 0 atom stereocenters. The lowest BCUT2D eigenvalue weighted by Crippen LogP contribution is -2.09. The Morgan fingerprint density at radius 1 is 1.23 bits per heavy atom. The standard InChI is InChI=1S/C8H6F3N3.C8H10/c1-13-7-2-6(8(9,10)11)5(3-12)4-14-7;1-2-8-6-4-3-5-7-8/h2,4H,1H3,(H,13,14);3-7H,2H2,1H3. The van der Waals surface area contributed by atoms with Crippen LogP contribution in [0.4, 0.5) is 19.0 Å². The molecule has 3 nitrogen and oxygen atoms in total. The Labute approximate surface area is 127 Å². The minimum atomic E-state index is -4.53. The molecule has 1 N–H and O–H groups in total. The van der Waals surface area contributed by atoms with Crippen molar-refractivity contribution in [1.82, 2.24) is 4.98 Å². The fourth-order valence-electron chi connectivity index (χ4n) is 1.63. The monoisotopic (exact) mass is 307 g/mol. The second-order valence-corrected chi connectivity index (χ2v) is 4.31. The maximum atomic E-state index is 12.3. The Morgan fingerprint density at radius 3 is 2.27 bits per heavy atom. The van der Waals surface area contributed by atoms with E-state index in [0.29, 0.717) is 0 Å². The van der Waals surface area contributed by atoms with Gasteiger partial charge in [-0.1, -0.05) is 37.3 Å². The van der Waals surface area contributed by atoms with Crippen LogP contribution in [0.15, 0.2) is 42.6 Å². The smallest absolute Gasteiger partial charge is 0.373 e. The van der Waals surface area contributed by atoms with Gasteiger partial charge in [-0.25, -0.2) is 4.98 Å². The van der Waals surface area contributed by atoms with E-state index in [1.807, 2.05) is 6.07 Å². The van der Waals surface area contributed by atoms with Gasteiger partial charge in [-0.05, 0) is 18.1 Å².